The maximum absolute atomic E-state index is 13.6. The molecule has 3 fully saturated rings. The van der Waals surface area contributed by atoms with Gasteiger partial charge >= 0.3 is 5.97 Å². The molecule has 0 amide bonds. The number of nitrogens with zero attached hydrogens (tertiary/aromatic N) is 1. The normalized spacial score (nSPS) is 28.2. The van der Waals surface area contributed by atoms with Gasteiger partial charge in [-0.15, -0.1) is 0 Å². The van der Waals surface area contributed by atoms with Crippen LogP contribution in [0.2, 0.25) is 0 Å². The number of esters is 1. The van der Waals surface area contributed by atoms with Crippen LogP contribution in [-0.2, 0) is 4.74 Å². The molecule has 1 atom stereocenters. The summed E-state index contributed by atoms with van der Waals surface area (Å²) in [5, 5.41) is 3.44. The van der Waals surface area contributed by atoms with E-state index < -0.39 is 11.8 Å². The number of methoxy groups -OCH3 is 1. The predicted molar refractivity (Wildman–Crippen MR) is 74.3 cm³/mol. The highest BCUT2D eigenvalue weighted by molar-refractivity contribution is 5.90. The van der Waals surface area contributed by atoms with Crippen molar-refractivity contribution in [3.8, 4) is 0 Å². The van der Waals surface area contributed by atoms with Crippen LogP contribution in [0.5, 0.6) is 0 Å². The van der Waals surface area contributed by atoms with Gasteiger partial charge in [0.05, 0.1) is 12.7 Å². The summed E-state index contributed by atoms with van der Waals surface area (Å²) in [4.78, 5) is 14.0. The monoisotopic (exact) mass is 278 g/mol. The number of carbonyl (C=O) groups excluding carboxylic acids is 1. The van der Waals surface area contributed by atoms with Crippen LogP contribution in [0.3, 0.4) is 0 Å². The van der Waals surface area contributed by atoms with Gasteiger partial charge in [0.15, 0.2) is 0 Å². The SMILES string of the molecule is COC(=O)c1cc(NC2CN3CCC2CC3)ccc1F. The number of carbonyl (C=O) groups is 1. The fourth-order valence-corrected chi connectivity index (χ4v) is 3.22. The van der Waals surface area contributed by atoms with Crippen LogP contribution in [0.25, 0.3) is 0 Å². The maximum atomic E-state index is 13.6. The summed E-state index contributed by atoms with van der Waals surface area (Å²) in [7, 11) is 1.26. The van der Waals surface area contributed by atoms with Gasteiger partial charge in [-0.25, -0.2) is 9.18 Å². The Balaban J connectivity index is 1.76. The summed E-state index contributed by atoms with van der Waals surface area (Å²) in [6.07, 6.45) is 2.42. The van der Waals surface area contributed by atoms with Crippen LogP contribution in [0, 0.1) is 11.7 Å². The molecule has 1 aromatic rings. The maximum Gasteiger partial charge on any atom is 0.340 e. The Hall–Kier alpha value is -1.62. The zero-order valence-electron chi connectivity index (χ0n) is 11.6. The number of anilines is 1. The smallest absolute Gasteiger partial charge is 0.340 e. The molecule has 3 heterocycles. The zero-order chi connectivity index (χ0) is 14.1. The van der Waals surface area contributed by atoms with E-state index in [0.29, 0.717) is 12.0 Å². The number of fused-ring (bicyclic) bond motifs is 3. The first-order valence-electron chi connectivity index (χ1n) is 7.04. The Labute approximate surface area is 117 Å². The predicted octanol–water partition coefficient (Wildman–Crippen LogP) is 2.12. The number of rotatable bonds is 3. The number of ether oxygens (including phenoxy) is 1. The molecule has 3 aliphatic heterocycles. The summed E-state index contributed by atoms with van der Waals surface area (Å²) >= 11 is 0. The van der Waals surface area contributed by atoms with Gasteiger partial charge in [-0.2, -0.15) is 0 Å². The van der Waals surface area contributed by atoms with Crippen LogP contribution in [0.15, 0.2) is 18.2 Å². The molecular formula is C15H19FN2O2. The molecule has 2 bridgehead atoms. The third-order valence-corrected chi connectivity index (χ3v) is 4.38. The summed E-state index contributed by atoms with van der Waals surface area (Å²) < 4.78 is 18.2. The van der Waals surface area contributed by atoms with Crippen LogP contribution >= 0.6 is 0 Å². The number of hydrogen-bond donors (Lipinski definition) is 1. The van der Waals surface area contributed by atoms with Gasteiger partial charge in [0.25, 0.3) is 0 Å². The molecule has 1 N–H and O–H groups in total. The molecule has 3 aliphatic rings. The second kappa shape index (κ2) is 5.40. The average Bonchev–Trinajstić information content (AvgIpc) is 2.49. The van der Waals surface area contributed by atoms with Crippen LogP contribution in [0.1, 0.15) is 23.2 Å². The molecule has 0 aromatic heterocycles. The van der Waals surface area contributed by atoms with E-state index in [-0.39, 0.29) is 5.56 Å². The summed E-state index contributed by atoms with van der Waals surface area (Å²) in [6.45, 7) is 3.38. The first-order valence-corrected chi connectivity index (χ1v) is 7.04. The standard InChI is InChI=1S/C15H19FN2O2/c1-20-15(19)12-8-11(2-3-13(12)16)17-14-9-18-6-4-10(14)5-7-18/h2-3,8,10,14,17H,4-7,9H2,1H3. The fourth-order valence-electron chi connectivity index (χ4n) is 3.22. The van der Waals surface area contributed by atoms with Gasteiger partial charge in [0.1, 0.15) is 5.82 Å². The average molecular weight is 278 g/mol. The minimum absolute atomic E-state index is 0.0150. The third kappa shape index (κ3) is 2.50. The van der Waals surface area contributed by atoms with E-state index in [2.05, 4.69) is 15.0 Å². The minimum atomic E-state index is -0.639. The molecule has 0 aliphatic carbocycles. The van der Waals surface area contributed by atoms with Gasteiger partial charge in [-0.05, 0) is 50.0 Å². The number of hydrogen-bond acceptors (Lipinski definition) is 4. The van der Waals surface area contributed by atoms with E-state index in [9.17, 15) is 9.18 Å². The molecule has 108 valence electrons. The van der Waals surface area contributed by atoms with Gasteiger partial charge < -0.3 is 15.0 Å². The molecule has 0 saturated carbocycles. The molecule has 20 heavy (non-hydrogen) atoms. The van der Waals surface area contributed by atoms with E-state index in [1.165, 1.54) is 39.1 Å². The van der Waals surface area contributed by atoms with Gasteiger partial charge in [-0.3, -0.25) is 0 Å². The molecular weight excluding hydrogens is 259 g/mol. The lowest BCUT2D eigenvalue weighted by Gasteiger charge is -2.45. The molecule has 0 radical (unpaired) electrons. The van der Waals surface area contributed by atoms with Crippen molar-refractivity contribution in [2.24, 2.45) is 5.92 Å². The highest BCUT2D eigenvalue weighted by Gasteiger charge is 2.34. The molecule has 4 rings (SSSR count). The molecule has 1 aromatic carbocycles. The number of halogens is 1. The highest BCUT2D eigenvalue weighted by Crippen LogP contribution is 2.30. The third-order valence-electron chi connectivity index (χ3n) is 4.38. The second-order valence-electron chi connectivity index (χ2n) is 5.58. The van der Waals surface area contributed by atoms with Gasteiger partial charge in [-0.1, -0.05) is 0 Å². The molecule has 5 heteroatoms. The summed E-state index contributed by atoms with van der Waals surface area (Å²) in [5.74, 6) is -0.511. The summed E-state index contributed by atoms with van der Waals surface area (Å²) in [5.41, 5.74) is 0.768. The molecule has 0 spiro atoms. The molecule has 1 unspecified atom stereocenters. The summed E-state index contributed by atoms with van der Waals surface area (Å²) in [6, 6.07) is 4.92. The zero-order valence-corrected chi connectivity index (χ0v) is 11.6. The lowest BCUT2D eigenvalue weighted by atomic mass is 9.84. The van der Waals surface area contributed by atoms with Crippen molar-refractivity contribution >= 4 is 11.7 Å². The first kappa shape index (κ1) is 13.4. The Kier molecular flexibility index (Phi) is 3.61. The van der Waals surface area contributed by atoms with Crippen LogP contribution in [-0.4, -0.2) is 43.7 Å². The number of nitrogens with one attached hydrogen (secondary N) is 1. The largest absolute Gasteiger partial charge is 0.465 e. The Morgan fingerprint density at radius 2 is 2.15 bits per heavy atom. The number of benzene rings is 1. The van der Waals surface area contributed by atoms with Crippen molar-refractivity contribution in [2.45, 2.75) is 18.9 Å². The second-order valence-corrected chi connectivity index (χ2v) is 5.58. The van der Waals surface area contributed by atoms with Crippen molar-refractivity contribution in [3.63, 3.8) is 0 Å². The highest BCUT2D eigenvalue weighted by atomic mass is 19.1. The van der Waals surface area contributed by atoms with Crippen LogP contribution in [0.4, 0.5) is 10.1 Å². The topological polar surface area (TPSA) is 41.6 Å². The Bertz CT molecular complexity index is 513. The lowest BCUT2D eigenvalue weighted by molar-refractivity contribution is 0.0595. The fraction of sp³-hybridized carbons (Fsp3) is 0.533. The van der Waals surface area contributed by atoms with Crippen molar-refractivity contribution in [3.05, 3.63) is 29.6 Å². The minimum Gasteiger partial charge on any atom is -0.465 e. The van der Waals surface area contributed by atoms with E-state index in [4.69, 9.17) is 0 Å². The van der Waals surface area contributed by atoms with Gasteiger partial charge in [0.2, 0.25) is 0 Å². The van der Waals surface area contributed by atoms with E-state index in [1.54, 1.807) is 12.1 Å². The Morgan fingerprint density at radius 1 is 1.40 bits per heavy atom. The van der Waals surface area contributed by atoms with E-state index in [0.717, 1.165) is 12.2 Å². The van der Waals surface area contributed by atoms with Crippen molar-refractivity contribution in [1.29, 1.82) is 0 Å². The van der Waals surface area contributed by atoms with Gasteiger partial charge in [0, 0.05) is 18.3 Å². The van der Waals surface area contributed by atoms with Crippen molar-refractivity contribution in [2.75, 3.05) is 32.1 Å². The van der Waals surface area contributed by atoms with Crippen molar-refractivity contribution in [1.82, 2.24) is 4.90 Å². The molecule has 4 nitrogen and oxygen atoms in total. The van der Waals surface area contributed by atoms with E-state index >= 15 is 0 Å². The molecule has 3 saturated heterocycles. The van der Waals surface area contributed by atoms with E-state index in [1.807, 2.05) is 0 Å². The van der Waals surface area contributed by atoms with Crippen molar-refractivity contribution < 1.29 is 13.9 Å². The Morgan fingerprint density at radius 3 is 2.75 bits per heavy atom. The first-order chi connectivity index (χ1) is 9.67. The number of piperidine rings is 3. The lowest BCUT2D eigenvalue weighted by Crippen LogP contribution is -2.53. The van der Waals surface area contributed by atoms with Crippen LogP contribution < -0.4 is 5.32 Å². The quantitative estimate of drug-likeness (QED) is 0.860.